The van der Waals surface area contributed by atoms with Gasteiger partial charge in [-0.25, -0.2) is 4.79 Å². The maximum atomic E-state index is 12.8. The van der Waals surface area contributed by atoms with Gasteiger partial charge < -0.3 is 9.64 Å². The fraction of sp³-hybridized carbons (Fsp3) is 0.412. The molecule has 2 aromatic rings. The summed E-state index contributed by atoms with van der Waals surface area (Å²) in [6, 6.07) is 8.95. The zero-order valence-electron chi connectivity index (χ0n) is 13.9. The topological polar surface area (TPSA) is 96.5 Å². The van der Waals surface area contributed by atoms with Gasteiger partial charge in [0, 0.05) is 25.2 Å². The van der Waals surface area contributed by atoms with Crippen LogP contribution in [0.4, 0.5) is 0 Å². The Labute approximate surface area is 143 Å². The third kappa shape index (κ3) is 3.47. The van der Waals surface area contributed by atoms with Crippen molar-refractivity contribution in [3.05, 3.63) is 46.4 Å². The Kier molecular flexibility index (Phi) is 4.97. The van der Waals surface area contributed by atoms with Crippen LogP contribution < -0.4 is 10.3 Å². The summed E-state index contributed by atoms with van der Waals surface area (Å²) in [7, 11) is 0. The molecule has 1 fully saturated rings. The molecule has 1 aliphatic heterocycles. The van der Waals surface area contributed by atoms with E-state index in [-0.39, 0.29) is 17.6 Å². The zero-order valence-corrected chi connectivity index (χ0v) is 13.9. The van der Waals surface area contributed by atoms with Crippen LogP contribution in [0.2, 0.25) is 0 Å². The lowest BCUT2D eigenvalue weighted by Gasteiger charge is -2.29. The number of benzene rings is 1. The number of aromatic amines is 1. The number of hydrogen-bond acceptors (Lipinski definition) is 5. The summed E-state index contributed by atoms with van der Waals surface area (Å²) >= 11 is 0. The van der Waals surface area contributed by atoms with E-state index in [1.165, 1.54) is 4.68 Å². The Hall–Kier alpha value is -2.90. The molecular weight excluding hydrogens is 326 g/mol. The zero-order chi connectivity index (χ0) is 17.8. The molecule has 1 aromatic carbocycles. The van der Waals surface area contributed by atoms with E-state index < -0.39 is 11.5 Å². The maximum Gasteiger partial charge on any atom is 0.441 e. The molecule has 0 aliphatic carbocycles. The van der Waals surface area contributed by atoms with Gasteiger partial charge in [-0.05, 0) is 29.7 Å². The minimum absolute atomic E-state index is 0.0826. The SMILES string of the molecule is CCOC(=O)C1CCN(C(=O)c2c(=O)o[nH][n+]2-c2ccccc2)CC1. The summed E-state index contributed by atoms with van der Waals surface area (Å²) in [6.45, 7) is 2.90. The molecule has 0 atom stereocenters. The molecule has 0 saturated carbocycles. The van der Waals surface area contributed by atoms with Gasteiger partial charge >= 0.3 is 23.2 Å². The van der Waals surface area contributed by atoms with Crippen molar-refractivity contribution in [2.24, 2.45) is 5.92 Å². The van der Waals surface area contributed by atoms with E-state index in [9.17, 15) is 14.4 Å². The minimum atomic E-state index is -0.721. The summed E-state index contributed by atoms with van der Waals surface area (Å²) in [4.78, 5) is 38.2. The van der Waals surface area contributed by atoms with E-state index in [1.54, 1.807) is 36.1 Å². The van der Waals surface area contributed by atoms with Crippen LogP contribution in [-0.4, -0.2) is 41.7 Å². The normalized spacial score (nSPS) is 15.2. The van der Waals surface area contributed by atoms with Crippen molar-refractivity contribution >= 4 is 11.9 Å². The van der Waals surface area contributed by atoms with Gasteiger partial charge in [0.05, 0.1) is 12.5 Å². The van der Waals surface area contributed by atoms with Gasteiger partial charge in [-0.15, -0.1) is 0 Å². The molecule has 8 nitrogen and oxygen atoms in total. The lowest BCUT2D eigenvalue weighted by atomic mass is 9.97. The Balaban J connectivity index is 1.76. The van der Waals surface area contributed by atoms with Crippen molar-refractivity contribution in [1.29, 1.82) is 0 Å². The number of esters is 1. The van der Waals surface area contributed by atoms with Crippen LogP contribution in [0, 0.1) is 5.92 Å². The van der Waals surface area contributed by atoms with E-state index in [0.717, 1.165) is 0 Å². The van der Waals surface area contributed by atoms with Gasteiger partial charge in [0.25, 0.3) is 0 Å². The van der Waals surface area contributed by atoms with Crippen molar-refractivity contribution in [3.8, 4) is 5.69 Å². The summed E-state index contributed by atoms with van der Waals surface area (Å²) in [5, 5.41) is 2.46. The summed E-state index contributed by atoms with van der Waals surface area (Å²) in [6.07, 6.45) is 1.04. The monoisotopic (exact) mass is 346 g/mol. The average molecular weight is 346 g/mol. The number of nitrogens with zero attached hydrogens (tertiary/aromatic N) is 2. The second-order valence-corrected chi connectivity index (χ2v) is 5.82. The van der Waals surface area contributed by atoms with Gasteiger partial charge in [-0.1, -0.05) is 18.2 Å². The van der Waals surface area contributed by atoms with Crippen molar-refractivity contribution in [2.75, 3.05) is 19.7 Å². The van der Waals surface area contributed by atoms with Gasteiger partial charge in [0.1, 0.15) is 0 Å². The minimum Gasteiger partial charge on any atom is -0.466 e. The van der Waals surface area contributed by atoms with Crippen LogP contribution in [0.25, 0.3) is 5.69 Å². The molecule has 0 radical (unpaired) electrons. The number of rotatable bonds is 4. The predicted octanol–water partition coefficient (Wildman–Crippen LogP) is 0.660. The van der Waals surface area contributed by atoms with Gasteiger partial charge in [-0.3, -0.25) is 14.1 Å². The van der Waals surface area contributed by atoms with Crippen LogP contribution in [0.15, 0.2) is 39.6 Å². The molecule has 1 saturated heterocycles. The molecule has 0 spiro atoms. The van der Waals surface area contributed by atoms with Crippen molar-refractivity contribution in [1.82, 2.24) is 10.2 Å². The number of carbonyl (C=O) groups is 2. The summed E-state index contributed by atoms with van der Waals surface area (Å²) in [5.74, 6) is -0.843. The molecule has 1 N–H and O–H groups in total. The van der Waals surface area contributed by atoms with E-state index in [0.29, 0.717) is 38.2 Å². The van der Waals surface area contributed by atoms with Crippen LogP contribution in [0.5, 0.6) is 0 Å². The molecule has 25 heavy (non-hydrogen) atoms. The number of likely N-dealkylation sites (tertiary alicyclic amines) is 1. The number of amides is 1. The van der Waals surface area contributed by atoms with E-state index in [2.05, 4.69) is 5.27 Å². The highest BCUT2D eigenvalue weighted by Gasteiger charge is 2.37. The first-order valence-corrected chi connectivity index (χ1v) is 8.26. The second-order valence-electron chi connectivity index (χ2n) is 5.82. The Bertz CT molecular complexity index is 803. The number of aromatic nitrogens is 2. The third-order valence-corrected chi connectivity index (χ3v) is 4.27. The van der Waals surface area contributed by atoms with Gasteiger partial charge in [-0.2, -0.15) is 0 Å². The first-order valence-electron chi connectivity index (χ1n) is 8.26. The van der Waals surface area contributed by atoms with Crippen LogP contribution in [0.3, 0.4) is 0 Å². The van der Waals surface area contributed by atoms with Gasteiger partial charge in [0.15, 0.2) is 0 Å². The molecule has 3 rings (SSSR count). The lowest BCUT2D eigenvalue weighted by molar-refractivity contribution is -0.672. The van der Waals surface area contributed by atoms with Crippen LogP contribution in [-0.2, 0) is 9.53 Å². The molecule has 0 bridgehead atoms. The van der Waals surface area contributed by atoms with Crippen molar-refractivity contribution in [2.45, 2.75) is 19.8 Å². The predicted molar refractivity (Wildman–Crippen MR) is 86.1 cm³/mol. The fourth-order valence-corrected chi connectivity index (χ4v) is 2.94. The third-order valence-electron chi connectivity index (χ3n) is 4.27. The Morgan fingerprint density at radius 3 is 2.60 bits per heavy atom. The van der Waals surface area contributed by atoms with Gasteiger partial charge in [0.2, 0.25) is 5.69 Å². The highest BCUT2D eigenvalue weighted by Crippen LogP contribution is 2.19. The van der Waals surface area contributed by atoms with E-state index in [1.807, 2.05) is 6.07 Å². The number of H-pyrrole nitrogens is 1. The number of ether oxygens (including phenoxy) is 1. The molecular formula is C17H20N3O5+. The summed E-state index contributed by atoms with van der Waals surface area (Å²) < 4.78 is 11.2. The molecule has 0 unspecified atom stereocenters. The first kappa shape index (κ1) is 16.9. The largest absolute Gasteiger partial charge is 0.466 e. The molecule has 1 aliphatic rings. The highest BCUT2D eigenvalue weighted by atomic mass is 16.5. The summed E-state index contributed by atoms with van der Waals surface area (Å²) in [5.41, 5.74) is -0.180. The molecule has 2 heterocycles. The fourth-order valence-electron chi connectivity index (χ4n) is 2.94. The second kappa shape index (κ2) is 7.33. The number of piperidine rings is 1. The van der Waals surface area contributed by atoms with Crippen LogP contribution >= 0.6 is 0 Å². The number of carbonyl (C=O) groups excluding carboxylic acids is 2. The van der Waals surface area contributed by atoms with Crippen molar-refractivity contribution < 1.29 is 23.5 Å². The highest BCUT2D eigenvalue weighted by molar-refractivity contribution is 5.90. The maximum absolute atomic E-state index is 12.8. The number of nitrogens with one attached hydrogen (secondary N) is 1. The standard InChI is InChI=1S/C17H19N3O5/c1-2-24-16(22)12-8-10-19(11-9-12)15(21)14-17(23)25-18-20(14)13-6-4-3-5-7-13/h3-7,12H,2,8-11H2,1H3/p+1. The molecule has 1 amide bonds. The quantitative estimate of drug-likeness (QED) is 0.648. The average Bonchev–Trinajstić information content (AvgIpc) is 3.03. The number of para-hydroxylation sites is 1. The Morgan fingerprint density at radius 2 is 1.96 bits per heavy atom. The smallest absolute Gasteiger partial charge is 0.441 e. The first-order chi connectivity index (χ1) is 12.1. The molecule has 132 valence electrons. The Morgan fingerprint density at radius 1 is 1.28 bits per heavy atom. The molecule has 1 aromatic heterocycles. The number of hydrogen-bond donors (Lipinski definition) is 1. The van der Waals surface area contributed by atoms with Crippen molar-refractivity contribution in [3.63, 3.8) is 0 Å². The lowest BCUT2D eigenvalue weighted by Crippen LogP contribution is -2.48. The molecule has 8 heteroatoms. The van der Waals surface area contributed by atoms with E-state index in [4.69, 9.17) is 9.26 Å². The van der Waals surface area contributed by atoms with Crippen LogP contribution in [0.1, 0.15) is 30.3 Å². The van der Waals surface area contributed by atoms with E-state index >= 15 is 0 Å².